The van der Waals surface area contributed by atoms with Gasteiger partial charge in [0, 0.05) is 12.1 Å². The summed E-state index contributed by atoms with van der Waals surface area (Å²) in [5.74, 6) is 1.01. The van der Waals surface area contributed by atoms with Crippen molar-refractivity contribution in [2.24, 2.45) is 4.99 Å². The molecule has 4 N–H and O–H groups in total. The molecule has 0 aliphatic rings. The molecule has 0 bridgehead atoms. The molecule has 26 heavy (non-hydrogen) atoms. The zero-order chi connectivity index (χ0) is 18.9. The van der Waals surface area contributed by atoms with E-state index in [4.69, 9.17) is 4.74 Å². The molecule has 0 fully saturated rings. The number of carbonyl (C=O) groups excluding carboxylic acids is 1. The molecule has 0 radical (unpaired) electrons. The van der Waals surface area contributed by atoms with Crippen LogP contribution in [0.1, 0.15) is 40.2 Å². The lowest BCUT2D eigenvalue weighted by Gasteiger charge is -2.21. The minimum atomic E-state index is -0.268. The van der Waals surface area contributed by atoms with E-state index in [1.807, 2.05) is 34.6 Å². The minimum absolute atomic E-state index is 0. The Morgan fingerprint density at radius 2 is 1.92 bits per heavy atom. The molecular weight excluding hydrogens is 447 g/mol. The first-order chi connectivity index (χ1) is 11.7. The van der Waals surface area contributed by atoms with Crippen molar-refractivity contribution in [3.63, 3.8) is 0 Å². The van der Waals surface area contributed by atoms with Gasteiger partial charge in [0.2, 0.25) is 5.91 Å². The Balaban J connectivity index is 0.00000625. The summed E-state index contributed by atoms with van der Waals surface area (Å²) in [5, 5.41) is 18.7. The Bertz CT molecular complexity index is 601. The van der Waals surface area contributed by atoms with Crippen LogP contribution in [-0.4, -0.2) is 42.2 Å². The van der Waals surface area contributed by atoms with E-state index in [1.54, 1.807) is 18.2 Å². The molecule has 1 amide bonds. The predicted octanol–water partition coefficient (Wildman–Crippen LogP) is 2.38. The Kier molecular flexibility index (Phi) is 11.0. The molecule has 0 saturated carbocycles. The van der Waals surface area contributed by atoms with Gasteiger partial charge in [0.1, 0.15) is 0 Å². The summed E-state index contributed by atoms with van der Waals surface area (Å²) in [6, 6.07) is 5.14. The van der Waals surface area contributed by atoms with Crippen LogP contribution in [0.3, 0.4) is 0 Å². The van der Waals surface area contributed by atoms with E-state index < -0.39 is 0 Å². The second kappa shape index (κ2) is 11.8. The maximum absolute atomic E-state index is 11.9. The topological polar surface area (TPSA) is 95.0 Å². The van der Waals surface area contributed by atoms with E-state index in [1.165, 1.54) is 0 Å². The first kappa shape index (κ1) is 24.3. The van der Waals surface area contributed by atoms with Gasteiger partial charge in [-0.15, -0.1) is 24.0 Å². The van der Waals surface area contributed by atoms with E-state index >= 15 is 0 Å². The maximum Gasteiger partial charge on any atom is 0.239 e. The van der Waals surface area contributed by atoms with Gasteiger partial charge in [-0.3, -0.25) is 4.79 Å². The molecule has 0 heterocycles. The zero-order valence-electron chi connectivity index (χ0n) is 16.2. The zero-order valence-corrected chi connectivity index (χ0v) is 18.5. The van der Waals surface area contributed by atoms with Crippen LogP contribution in [0.25, 0.3) is 0 Å². The van der Waals surface area contributed by atoms with Crippen molar-refractivity contribution in [1.29, 1.82) is 0 Å². The van der Waals surface area contributed by atoms with Crippen LogP contribution in [-0.2, 0) is 11.3 Å². The van der Waals surface area contributed by atoms with Crippen molar-refractivity contribution in [1.82, 2.24) is 16.0 Å². The Hall–Kier alpha value is -1.71. The average Bonchev–Trinajstić information content (AvgIpc) is 2.51. The minimum Gasteiger partial charge on any atom is -0.504 e. The third-order valence-electron chi connectivity index (χ3n) is 3.02. The predicted molar refractivity (Wildman–Crippen MR) is 115 cm³/mol. The molecule has 1 rings (SSSR count). The number of benzene rings is 1. The van der Waals surface area contributed by atoms with Gasteiger partial charge in [0.05, 0.1) is 19.7 Å². The quantitative estimate of drug-likeness (QED) is 0.274. The van der Waals surface area contributed by atoms with Crippen LogP contribution in [0, 0.1) is 0 Å². The maximum atomic E-state index is 11.9. The van der Waals surface area contributed by atoms with Gasteiger partial charge in [0.15, 0.2) is 17.5 Å². The number of hydrogen-bond acceptors (Lipinski definition) is 4. The second-order valence-corrected chi connectivity index (χ2v) is 6.58. The van der Waals surface area contributed by atoms with Gasteiger partial charge in [-0.05, 0) is 52.3 Å². The van der Waals surface area contributed by atoms with Crippen LogP contribution in [0.5, 0.6) is 11.5 Å². The lowest BCUT2D eigenvalue weighted by molar-refractivity contribution is -0.121. The summed E-state index contributed by atoms with van der Waals surface area (Å²) in [4.78, 5) is 16.4. The second-order valence-electron chi connectivity index (χ2n) is 6.58. The first-order valence-corrected chi connectivity index (χ1v) is 8.53. The number of hydrogen-bond donors (Lipinski definition) is 4. The Morgan fingerprint density at radius 1 is 1.23 bits per heavy atom. The highest BCUT2D eigenvalue weighted by Crippen LogP contribution is 2.27. The van der Waals surface area contributed by atoms with Gasteiger partial charge in [0.25, 0.3) is 0 Å². The summed E-state index contributed by atoms with van der Waals surface area (Å²) in [5.41, 5.74) is 0.633. The highest BCUT2D eigenvalue weighted by atomic mass is 127. The number of amides is 1. The van der Waals surface area contributed by atoms with Crippen LogP contribution in [0.4, 0.5) is 0 Å². The number of ether oxygens (including phenoxy) is 1. The summed E-state index contributed by atoms with van der Waals surface area (Å²) < 4.78 is 5.37. The average molecular weight is 478 g/mol. The van der Waals surface area contributed by atoms with Gasteiger partial charge >= 0.3 is 0 Å². The molecule has 0 aromatic heterocycles. The highest BCUT2D eigenvalue weighted by Gasteiger charge is 2.13. The third-order valence-corrected chi connectivity index (χ3v) is 3.02. The molecule has 1 aromatic rings. The Morgan fingerprint density at radius 3 is 2.50 bits per heavy atom. The number of carbonyl (C=O) groups is 1. The number of halogens is 1. The number of phenols is 1. The van der Waals surface area contributed by atoms with Gasteiger partial charge in [-0.1, -0.05) is 6.07 Å². The van der Waals surface area contributed by atoms with Crippen LogP contribution in [0.2, 0.25) is 0 Å². The molecule has 0 saturated heterocycles. The van der Waals surface area contributed by atoms with Crippen molar-refractivity contribution < 1.29 is 14.6 Å². The molecule has 0 aliphatic carbocycles. The van der Waals surface area contributed by atoms with Gasteiger partial charge < -0.3 is 25.8 Å². The third kappa shape index (κ3) is 9.69. The number of phenolic OH excluding ortho intramolecular Hbond substituents is 1. The molecular formula is C18H31IN4O3. The number of rotatable bonds is 7. The van der Waals surface area contributed by atoms with E-state index in [0.29, 0.717) is 31.4 Å². The molecule has 1 aromatic carbocycles. The van der Waals surface area contributed by atoms with Crippen LogP contribution >= 0.6 is 24.0 Å². The lowest BCUT2D eigenvalue weighted by atomic mass is 10.1. The Labute approximate surface area is 173 Å². The summed E-state index contributed by atoms with van der Waals surface area (Å²) in [7, 11) is 0. The molecule has 8 heteroatoms. The molecule has 0 spiro atoms. The molecule has 0 aliphatic heterocycles. The fourth-order valence-electron chi connectivity index (χ4n) is 2.07. The van der Waals surface area contributed by atoms with E-state index in [0.717, 1.165) is 5.56 Å². The number of aromatic hydroxyl groups is 1. The number of nitrogens with one attached hydrogen (secondary N) is 3. The molecule has 148 valence electrons. The van der Waals surface area contributed by atoms with Crippen molar-refractivity contribution in [3.05, 3.63) is 23.8 Å². The normalized spacial score (nSPS) is 11.3. The first-order valence-electron chi connectivity index (χ1n) is 8.53. The lowest BCUT2D eigenvalue weighted by Crippen LogP contribution is -2.48. The molecule has 7 nitrogen and oxygen atoms in total. The number of guanidine groups is 1. The fourth-order valence-corrected chi connectivity index (χ4v) is 2.07. The van der Waals surface area contributed by atoms with Crippen LogP contribution < -0.4 is 20.7 Å². The summed E-state index contributed by atoms with van der Waals surface area (Å²) in [6.45, 7) is 11.3. The van der Waals surface area contributed by atoms with Crippen molar-refractivity contribution in [2.75, 3.05) is 19.7 Å². The smallest absolute Gasteiger partial charge is 0.239 e. The monoisotopic (exact) mass is 478 g/mol. The largest absolute Gasteiger partial charge is 0.504 e. The summed E-state index contributed by atoms with van der Waals surface area (Å²) in [6.07, 6.45) is 0. The van der Waals surface area contributed by atoms with E-state index in [2.05, 4.69) is 20.9 Å². The van der Waals surface area contributed by atoms with Crippen molar-refractivity contribution >= 4 is 35.8 Å². The standard InChI is InChI=1S/C18H30N4O3.HI/c1-6-19-17(21-12-16(24)22-18(3,4)5)20-11-13-8-9-14(23)15(10-13)25-7-2;/h8-10,23H,6-7,11-12H2,1-5H3,(H,22,24)(H2,19,20,21);1H. The van der Waals surface area contributed by atoms with Crippen molar-refractivity contribution in [3.8, 4) is 11.5 Å². The van der Waals surface area contributed by atoms with Crippen molar-refractivity contribution in [2.45, 2.75) is 46.7 Å². The van der Waals surface area contributed by atoms with Crippen LogP contribution in [0.15, 0.2) is 23.2 Å². The molecule has 0 atom stereocenters. The van der Waals surface area contributed by atoms with E-state index in [-0.39, 0.29) is 47.7 Å². The number of nitrogens with zero attached hydrogens (tertiary/aromatic N) is 1. The molecule has 0 unspecified atom stereocenters. The van der Waals surface area contributed by atoms with Gasteiger partial charge in [-0.2, -0.15) is 0 Å². The summed E-state index contributed by atoms with van der Waals surface area (Å²) >= 11 is 0. The fraction of sp³-hybridized carbons (Fsp3) is 0.556. The highest BCUT2D eigenvalue weighted by molar-refractivity contribution is 14.0. The number of aliphatic imine (C=N–C) groups is 1. The van der Waals surface area contributed by atoms with Gasteiger partial charge in [-0.25, -0.2) is 4.99 Å². The van der Waals surface area contributed by atoms with E-state index in [9.17, 15) is 9.90 Å². The SMILES string of the molecule is CCNC(=NCc1ccc(O)c(OCC)c1)NCC(=O)NC(C)(C)C.I.